The summed E-state index contributed by atoms with van der Waals surface area (Å²) >= 11 is 0. The Morgan fingerprint density at radius 2 is 0.967 bits per heavy atom. The second kappa shape index (κ2) is 13.2. The number of nitrogens with zero attached hydrogens (tertiary/aromatic N) is 3. The van der Waals surface area contributed by atoms with Crippen molar-refractivity contribution in [3.05, 3.63) is 211 Å². The predicted octanol–water partition coefficient (Wildman–Crippen LogP) is 14.9. The van der Waals surface area contributed by atoms with Gasteiger partial charge in [0.25, 0.3) is 0 Å². The molecule has 0 bridgehead atoms. The summed E-state index contributed by atoms with van der Waals surface area (Å²) in [5.41, 5.74) is 17.5. The Morgan fingerprint density at radius 3 is 1.83 bits per heavy atom. The average Bonchev–Trinajstić information content (AvgIpc) is 3.77. The first-order valence-electron chi connectivity index (χ1n) is 20.7. The van der Waals surface area contributed by atoms with Crippen molar-refractivity contribution in [2.45, 2.75) is 19.3 Å². The Bertz CT molecular complexity index is 3510. The zero-order chi connectivity index (χ0) is 40.0. The topological polar surface area (TPSA) is 30.7 Å². The van der Waals surface area contributed by atoms with E-state index in [9.17, 15) is 0 Å². The van der Waals surface area contributed by atoms with Crippen molar-refractivity contribution in [2.24, 2.45) is 0 Å². The van der Waals surface area contributed by atoms with Crippen molar-refractivity contribution >= 4 is 43.5 Å². The molecule has 0 N–H and O–H groups in total. The van der Waals surface area contributed by atoms with Gasteiger partial charge in [-0.05, 0) is 79.0 Å². The smallest absolute Gasteiger partial charge is 0.235 e. The lowest BCUT2D eigenvalue weighted by atomic mass is 9.81. The maximum absolute atomic E-state index is 5.51. The van der Waals surface area contributed by atoms with E-state index in [-0.39, 0.29) is 5.41 Å². The van der Waals surface area contributed by atoms with Crippen LogP contribution in [0.2, 0.25) is 0 Å². The maximum atomic E-state index is 5.51. The lowest BCUT2D eigenvalue weighted by Crippen LogP contribution is -2.14. The summed E-state index contributed by atoms with van der Waals surface area (Å²) in [7, 11) is 0. The van der Waals surface area contributed by atoms with Crippen LogP contribution in [0, 0.1) is 0 Å². The first-order chi connectivity index (χ1) is 29.5. The first kappa shape index (κ1) is 34.4. The Labute approximate surface area is 348 Å². The van der Waals surface area contributed by atoms with Gasteiger partial charge in [0.1, 0.15) is 0 Å². The van der Waals surface area contributed by atoms with Crippen LogP contribution >= 0.6 is 0 Å². The summed E-state index contributed by atoms with van der Waals surface area (Å²) in [4.78, 5) is 10.9. The van der Waals surface area contributed by atoms with Crippen LogP contribution in [-0.4, -0.2) is 14.5 Å². The van der Waals surface area contributed by atoms with Crippen LogP contribution in [-0.2, 0) is 5.41 Å². The summed E-state index contributed by atoms with van der Waals surface area (Å²) in [5, 5.41) is 5.84. The minimum Gasteiger partial charge on any atom is -0.277 e. The Hall–Kier alpha value is -7.62. The number of fused-ring (bicyclic) bond motifs is 8. The number of benzene rings is 9. The fraction of sp³-hybridized carbons (Fsp3) is 0.0526. The molecule has 0 aliphatic heterocycles. The first-order valence-corrected chi connectivity index (χ1v) is 20.7. The van der Waals surface area contributed by atoms with Crippen LogP contribution in [0.25, 0.3) is 105 Å². The molecule has 0 fully saturated rings. The molecular weight excluding hydrogens is 727 g/mol. The molecule has 3 heteroatoms. The number of hydrogen-bond acceptors (Lipinski definition) is 2. The molecule has 12 rings (SSSR count). The van der Waals surface area contributed by atoms with Crippen LogP contribution in [0.4, 0.5) is 0 Å². The molecule has 3 nitrogen and oxygen atoms in total. The molecule has 0 saturated heterocycles. The van der Waals surface area contributed by atoms with Crippen LogP contribution in [0.3, 0.4) is 0 Å². The van der Waals surface area contributed by atoms with Gasteiger partial charge in [0.2, 0.25) is 5.95 Å². The van der Waals surface area contributed by atoms with E-state index in [4.69, 9.17) is 9.97 Å². The molecule has 0 unspecified atom stereocenters. The fourth-order valence-corrected chi connectivity index (χ4v) is 9.95. The van der Waals surface area contributed by atoms with E-state index in [2.05, 4.69) is 219 Å². The SMILES string of the molecule is CC1(C)c2ccccc2-c2ccc(-c3ccccc3-c3cccc4c5ccccc5n(-c5nc(-c6ccc(-c7cccc8ccccc78)cc6)c6ccccc6n5)c34)cc21. The molecule has 2 aromatic heterocycles. The molecule has 11 aromatic rings. The minimum atomic E-state index is -0.0926. The van der Waals surface area contributed by atoms with Gasteiger partial charge in [-0.15, -0.1) is 0 Å². The van der Waals surface area contributed by atoms with Crippen molar-refractivity contribution in [2.75, 3.05) is 0 Å². The van der Waals surface area contributed by atoms with E-state index in [1.54, 1.807) is 0 Å². The normalized spacial score (nSPS) is 13.0. The van der Waals surface area contributed by atoms with Gasteiger partial charge < -0.3 is 0 Å². The lowest BCUT2D eigenvalue weighted by Gasteiger charge is -2.22. The third-order valence-corrected chi connectivity index (χ3v) is 12.9. The largest absolute Gasteiger partial charge is 0.277 e. The van der Waals surface area contributed by atoms with Crippen molar-refractivity contribution in [1.82, 2.24) is 14.5 Å². The summed E-state index contributed by atoms with van der Waals surface area (Å²) in [6, 6.07) is 72.5. The molecule has 2 heterocycles. The van der Waals surface area contributed by atoms with Gasteiger partial charge in [-0.3, -0.25) is 4.57 Å². The molecule has 1 aliphatic carbocycles. The molecule has 1 aliphatic rings. The van der Waals surface area contributed by atoms with E-state index in [1.165, 1.54) is 71.6 Å². The summed E-state index contributed by atoms with van der Waals surface area (Å²) in [5.74, 6) is 0.648. The number of aromatic nitrogens is 3. The van der Waals surface area contributed by atoms with Gasteiger partial charge in [0, 0.05) is 32.7 Å². The molecule has 9 aromatic carbocycles. The van der Waals surface area contributed by atoms with E-state index in [0.29, 0.717) is 5.95 Å². The second-order valence-electron chi connectivity index (χ2n) is 16.5. The zero-order valence-corrected chi connectivity index (χ0v) is 33.4. The molecule has 0 spiro atoms. The van der Waals surface area contributed by atoms with Crippen molar-refractivity contribution in [3.63, 3.8) is 0 Å². The second-order valence-corrected chi connectivity index (χ2v) is 16.5. The van der Waals surface area contributed by atoms with Crippen LogP contribution in [0.15, 0.2) is 200 Å². The van der Waals surface area contributed by atoms with Gasteiger partial charge in [-0.1, -0.05) is 196 Å². The van der Waals surface area contributed by atoms with Gasteiger partial charge in [0.05, 0.1) is 22.2 Å². The maximum Gasteiger partial charge on any atom is 0.235 e. The zero-order valence-electron chi connectivity index (χ0n) is 33.4. The standard InChI is InChI=1S/C57H39N3/c1-57(2)50-26-10-7-20-44(50)45-34-33-39(35-51(45)57)42-18-5-6-19-43(42)47-24-14-25-48-46-21-9-12-28-53(46)60(55(47)48)56-58-52-27-11-8-22-49(52)54(59-56)38-31-29-37(30-32-38)41-23-13-16-36-15-3-4-17-40(36)41/h3-35H,1-2H3. The monoisotopic (exact) mass is 765 g/mol. The Kier molecular flexibility index (Phi) is 7.58. The molecule has 60 heavy (non-hydrogen) atoms. The summed E-state index contributed by atoms with van der Waals surface area (Å²) in [6.07, 6.45) is 0. The predicted molar refractivity (Wildman–Crippen MR) is 251 cm³/mol. The van der Waals surface area contributed by atoms with Crippen molar-refractivity contribution in [1.29, 1.82) is 0 Å². The molecule has 0 radical (unpaired) electrons. The summed E-state index contributed by atoms with van der Waals surface area (Å²) in [6.45, 7) is 4.70. The van der Waals surface area contributed by atoms with Crippen molar-refractivity contribution in [3.8, 4) is 61.7 Å². The highest BCUT2D eigenvalue weighted by Crippen LogP contribution is 2.50. The molecule has 282 valence electrons. The van der Waals surface area contributed by atoms with Crippen LogP contribution in [0.1, 0.15) is 25.0 Å². The Balaban J connectivity index is 1.05. The molecule has 0 amide bonds. The van der Waals surface area contributed by atoms with E-state index >= 15 is 0 Å². The highest BCUT2D eigenvalue weighted by Gasteiger charge is 2.35. The summed E-state index contributed by atoms with van der Waals surface area (Å²) < 4.78 is 2.29. The third kappa shape index (κ3) is 5.15. The van der Waals surface area contributed by atoms with Crippen LogP contribution in [0.5, 0.6) is 0 Å². The Morgan fingerprint density at radius 1 is 0.383 bits per heavy atom. The van der Waals surface area contributed by atoms with Gasteiger partial charge in [-0.2, -0.15) is 0 Å². The van der Waals surface area contributed by atoms with E-state index in [1.807, 2.05) is 0 Å². The van der Waals surface area contributed by atoms with Crippen LogP contribution < -0.4 is 0 Å². The van der Waals surface area contributed by atoms with E-state index in [0.717, 1.165) is 38.8 Å². The highest BCUT2D eigenvalue weighted by atomic mass is 15.2. The quantitative estimate of drug-likeness (QED) is 0.175. The minimum absolute atomic E-state index is 0.0926. The van der Waals surface area contributed by atoms with Crippen molar-refractivity contribution < 1.29 is 0 Å². The molecule has 0 atom stereocenters. The van der Waals surface area contributed by atoms with Gasteiger partial charge in [0.15, 0.2) is 0 Å². The van der Waals surface area contributed by atoms with Gasteiger partial charge in [-0.25, -0.2) is 9.97 Å². The number of para-hydroxylation sites is 3. The van der Waals surface area contributed by atoms with E-state index < -0.39 is 0 Å². The molecule has 0 saturated carbocycles. The fourth-order valence-electron chi connectivity index (χ4n) is 9.95. The molecular formula is C57H39N3. The highest BCUT2D eigenvalue weighted by molar-refractivity contribution is 6.14. The third-order valence-electron chi connectivity index (χ3n) is 12.9. The average molecular weight is 766 g/mol. The number of rotatable bonds is 5. The van der Waals surface area contributed by atoms with Gasteiger partial charge >= 0.3 is 0 Å². The number of hydrogen-bond donors (Lipinski definition) is 0. The lowest BCUT2D eigenvalue weighted by molar-refractivity contribution is 0.660.